The number of anilines is 1. The Labute approximate surface area is 238 Å². The maximum atomic E-state index is 12.9. The van der Waals surface area contributed by atoms with Gasteiger partial charge in [0, 0.05) is 43.6 Å². The molecule has 0 N–H and O–H groups in total. The Balaban J connectivity index is 1.04. The SMILES string of the molecule is N#C[C@@](c1ccccc1)(C1CCCC1)C1CCN(CC2CN(c3ccc(S(=O)(=O)c4ccncc4)cc3)C2)CC1. The normalized spacial score (nSPS) is 21.0. The first-order chi connectivity index (χ1) is 19.5. The Morgan fingerprint density at radius 2 is 1.43 bits per heavy atom. The van der Waals surface area contributed by atoms with E-state index < -0.39 is 9.84 Å². The van der Waals surface area contributed by atoms with E-state index in [0.29, 0.717) is 22.6 Å². The lowest BCUT2D eigenvalue weighted by Gasteiger charge is -2.47. The molecule has 1 aromatic heterocycles. The molecule has 1 atom stereocenters. The van der Waals surface area contributed by atoms with Gasteiger partial charge in [0.2, 0.25) is 9.84 Å². The van der Waals surface area contributed by atoms with E-state index in [1.54, 1.807) is 12.1 Å². The largest absolute Gasteiger partial charge is 0.371 e. The summed E-state index contributed by atoms with van der Waals surface area (Å²) in [7, 11) is -3.53. The molecule has 3 aromatic rings. The van der Waals surface area contributed by atoms with E-state index >= 15 is 0 Å². The van der Waals surface area contributed by atoms with Gasteiger partial charge in [0.25, 0.3) is 0 Å². The standard InChI is InChI=1S/C33H38N4O2S/c34-25-33(28-8-4-5-9-28,27-6-2-1-3-7-27)29-16-20-36(21-17-29)22-26-23-37(24-26)30-10-12-31(13-11-30)40(38,39)32-14-18-35-19-15-32/h1-3,6-7,10-15,18-19,26,28-29H,4-5,8-9,16-17,20-24H2/t33-/m1/s1. The van der Waals surface area contributed by atoms with E-state index in [9.17, 15) is 13.7 Å². The van der Waals surface area contributed by atoms with Crippen molar-refractivity contribution >= 4 is 15.5 Å². The number of aromatic nitrogens is 1. The lowest BCUT2D eigenvalue weighted by Crippen LogP contribution is -2.53. The van der Waals surface area contributed by atoms with Gasteiger partial charge in [-0.3, -0.25) is 4.98 Å². The van der Waals surface area contributed by atoms with Crippen LogP contribution >= 0.6 is 0 Å². The van der Waals surface area contributed by atoms with Crippen molar-refractivity contribution in [3.05, 3.63) is 84.7 Å². The molecule has 6 nitrogen and oxygen atoms in total. The van der Waals surface area contributed by atoms with Gasteiger partial charge < -0.3 is 9.80 Å². The number of piperidine rings is 1. The highest BCUT2D eigenvalue weighted by atomic mass is 32.2. The zero-order chi connectivity index (χ0) is 27.6. The molecule has 0 bridgehead atoms. The lowest BCUT2D eigenvalue weighted by atomic mass is 9.60. The summed E-state index contributed by atoms with van der Waals surface area (Å²) in [6, 6.07) is 23.9. The molecule has 7 heteroatoms. The highest BCUT2D eigenvalue weighted by Crippen LogP contribution is 2.50. The summed E-state index contributed by atoms with van der Waals surface area (Å²) in [6.45, 7) is 5.19. The van der Waals surface area contributed by atoms with Gasteiger partial charge in [-0.15, -0.1) is 0 Å². The predicted molar refractivity (Wildman–Crippen MR) is 157 cm³/mol. The van der Waals surface area contributed by atoms with Gasteiger partial charge in [-0.1, -0.05) is 43.2 Å². The second-order valence-corrected chi connectivity index (χ2v) is 13.8. The molecule has 2 aliphatic heterocycles. The Kier molecular flexibility index (Phi) is 7.65. The monoisotopic (exact) mass is 554 g/mol. The quantitative estimate of drug-likeness (QED) is 0.355. The number of nitrogens with zero attached hydrogens (tertiary/aromatic N) is 4. The van der Waals surface area contributed by atoms with E-state index in [0.717, 1.165) is 51.3 Å². The summed E-state index contributed by atoms with van der Waals surface area (Å²) >= 11 is 0. The van der Waals surface area contributed by atoms with Crippen LogP contribution in [-0.2, 0) is 15.3 Å². The van der Waals surface area contributed by atoms with Gasteiger partial charge >= 0.3 is 0 Å². The highest BCUT2D eigenvalue weighted by molar-refractivity contribution is 7.91. The van der Waals surface area contributed by atoms with E-state index in [4.69, 9.17) is 0 Å². The molecule has 3 aliphatic rings. The topological polar surface area (TPSA) is 77.3 Å². The molecule has 3 heterocycles. The Bertz CT molecular complexity index is 1420. The molecule has 0 amide bonds. The molecule has 1 saturated carbocycles. The third kappa shape index (κ3) is 5.04. The zero-order valence-corrected chi connectivity index (χ0v) is 23.8. The van der Waals surface area contributed by atoms with Crippen LogP contribution in [0.1, 0.15) is 44.1 Å². The van der Waals surface area contributed by atoms with E-state index in [-0.39, 0.29) is 10.3 Å². The average Bonchev–Trinajstić information content (AvgIpc) is 3.53. The van der Waals surface area contributed by atoms with Gasteiger partial charge in [0.05, 0.1) is 21.3 Å². The van der Waals surface area contributed by atoms with Crippen LogP contribution in [0.3, 0.4) is 0 Å². The van der Waals surface area contributed by atoms with Crippen LogP contribution in [0.15, 0.2) is 88.9 Å². The molecule has 0 unspecified atom stereocenters. The average molecular weight is 555 g/mol. The predicted octanol–water partition coefficient (Wildman–Crippen LogP) is 5.71. The number of hydrogen-bond donors (Lipinski definition) is 0. The Hall–Kier alpha value is -3.21. The summed E-state index contributed by atoms with van der Waals surface area (Å²) in [5, 5.41) is 10.7. The first-order valence-electron chi connectivity index (χ1n) is 14.7. The minimum Gasteiger partial charge on any atom is -0.371 e. The molecular weight excluding hydrogens is 516 g/mol. The molecule has 6 rings (SSSR count). The van der Waals surface area contributed by atoms with E-state index in [2.05, 4.69) is 51.2 Å². The second-order valence-electron chi connectivity index (χ2n) is 11.9. The van der Waals surface area contributed by atoms with Crippen LogP contribution in [0.2, 0.25) is 0 Å². The van der Waals surface area contributed by atoms with Crippen molar-refractivity contribution in [3.8, 4) is 6.07 Å². The van der Waals surface area contributed by atoms with E-state index in [1.807, 2.05) is 12.1 Å². The van der Waals surface area contributed by atoms with Crippen LogP contribution in [0.4, 0.5) is 5.69 Å². The number of sulfone groups is 1. The van der Waals surface area contributed by atoms with Crippen LogP contribution in [0.5, 0.6) is 0 Å². The van der Waals surface area contributed by atoms with Crippen molar-refractivity contribution in [2.45, 2.75) is 53.7 Å². The van der Waals surface area contributed by atoms with Crippen LogP contribution in [0.25, 0.3) is 0 Å². The van der Waals surface area contributed by atoms with Gasteiger partial charge in [-0.05, 0) is 92.6 Å². The van der Waals surface area contributed by atoms with Crippen molar-refractivity contribution in [1.82, 2.24) is 9.88 Å². The van der Waals surface area contributed by atoms with Crippen molar-refractivity contribution in [2.24, 2.45) is 17.8 Å². The first-order valence-corrected chi connectivity index (χ1v) is 16.2. The fourth-order valence-electron chi connectivity index (χ4n) is 7.47. The molecule has 2 aromatic carbocycles. The maximum Gasteiger partial charge on any atom is 0.206 e. The van der Waals surface area contributed by atoms with Crippen LogP contribution < -0.4 is 4.90 Å². The second kappa shape index (κ2) is 11.3. The van der Waals surface area contributed by atoms with Crippen molar-refractivity contribution in [1.29, 1.82) is 5.26 Å². The summed E-state index contributed by atoms with van der Waals surface area (Å²) in [6.07, 6.45) is 10.0. The van der Waals surface area contributed by atoms with Gasteiger partial charge in [0.1, 0.15) is 0 Å². The smallest absolute Gasteiger partial charge is 0.206 e. The first kappa shape index (κ1) is 27.0. The highest BCUT2D eigenvalue weighted by Gasteiger charge is 2.48. The molecule has 1 aliphatic carbocycles. The third-order valence-corrected chi connectivity index (χ3v) is 11.4. The van der Waals surface area contributed by atoms with Gasteiger partial charge in [-0.2, -0.15) is 5.26 Å². The van der Waals surface area contributed by atoms with Crippen LogP contribution in [0, 0.1) is 29.1 Å². The molecule has 0 spiro atoms. The fourth-order valence-corrected chi connectivity index (χ4v) is 8.72. The number of pyridine rings is 1. The molecule has 3 fully saturated rings. The number of benzene rings is 2. The minimum atomic E-state index is -3.53. The number of likely N-dealkylation sites (tertiary alicyclic amines) is 1. The van der Waals surface area contributed by atoms with Gasteiger partial charge in [-0.25, -0.2) is 8.42 Å². The van der Waals surface area contributed by atoms with E-state index in [1.165, 1.54) is 55.8 Å². The number of rotatable bonds is 8. The van der Waals surface area contributed by atoms with Crippen molar-refractivity contribution < 1.29 is 8.42 Å². The summed E-state index contributed by atoms with van der Waals surface area (Å²) in [5.74, 6) is 1.50. The summed E-state index contributed by atoms with van der Waals surface area (Å²) < 4.78 is 25.7. The van der Waals surface area contributed by atoms with Crippen LogP contribution in [-0.4, -0.2) is 51.0 Å². The third-order valence-electron chi connectivity index (χ3n) is 9.61. The minimum absolute atomic E-state index is 0.266. The Morgan fingerprint density at radius 3 is 2.05 bits per heavy atom. The zero-order valence-electron chi connectivity index (χ0n) is 23.0. The molecule has 208 valence electrons. The fraction of sp³-hybridized carbons (Fsp3) is 0.455. The van der Waals surface area contributed by atoms with Crippen molar-refractivity contribution in [3.63, 3.8) is 0 Å². The van der Waals surface area contributed by atoms with Crippen molar-refractivity contribution in [2.75, 3.05) is 37.6 Å². The summed E-state index contributed by atoms with van der Waals surface area (Å²) in [4.78, 5) is 9.42. The molecule has 0 radical (unpaired) electrons. The Morgan fingerprint density at radius 1 is 0.825 bits per heavy atom. The summed E-state index contributed by atoms with van der Waals surface area (Å²) in [5.41, 5.74) is 1.95. The maximum absolute atomic E-state index is 12.9. The number of hydrogen-bond acceptors (Lipinski definition) is 6. The molecular formula is C33H38N4O2S. The van der Waals surface area contributed by atoms with Gasteiger partial charge in [0.15, 0.2) is 0 Å². The molecule has 40 heavy (non-hydrogen) atoms. The lowest BCUT2D eigenvalue weighted by molar-refractivity contribution is 0.103. The molecule has 2 saturated heterocycles. The number of nitriles is 1.